The van der Waals surface area contributed by atoms with Crippen LogP contribution in [0.25, 0.3) is 0 Å². The molecule has 1 amide bonds. The number of hydrogen-bond acceptors (Lipinski definition) is 4. The molecular weight excluding hydrogens is 493 g/mol. The normalized spacial score (nSPS) is 20.2. The lowest BCUT2D eigenvalue weighted by molar-refractivity contribution is -0.122. The molecule has 1 aromatic rings. The van der Waals surface area contributed by atoms with E-state index in [1.807, 2.05) is 13.1 Å². The van der Waals surface area contributed by atoms with Crippen LogP contribution < -0.4 is 15.4 Å². The smallest absolute Gasteiger partial charge is 0.234 e. The number of benzene rings is 1. The maximum atomic E-state index is 12.0. The van der Waals surface area contributed by atoms with E-state index >= 15 is 0 Å². The summed E-state index contributed by atoms with van der Waals surface area (Å²) in [7, 11) is 1.83. The van der Waals surface area contributed by atoms with Crippen molar-refractivity contribution in [2.75, 3.05) is 39.8 Å². The minimum atomic E-state index is 0. The molecule has 2 N–H and O–H groups in total. The summed E-state index contributed by atoms with van der Waals surface area (Å²) in [6.07, 6.45) is 6.23. The van der Waals surface area contributed by atoms with Gasteiger partial charge in [-0.3, -0.25) is 14.7 Å². The number of aliphatic imine (C=N–C) groups is 1. The molecule has 1 aromatic carbocycles. The maximum Gasteiger partial charge on any atom is 0.234 e. The zero-order valence-electron chi connectivity index (χ0n) is 17.8. The molecule has 3 fully saturated rings. The average molecular weight is 527 g/mol. The van der Waals surface area contributed by atoms with Crippen LogP contribution >= 0.6 is 24.0 Å². The van der Waals surface area contributed by atoms with Crippen molar-refractivity contribution in [3.63, 3.8) is 0 Å². The van der Waals surface area contributed by atoms with Crippen molar-refractivity contribution in [3.8, 4) is 5.75 Å². The summed E-state index contributed by atoms with van der Waals surface area (Å²) in [5.41, 5.74) is 1.16. The molecular formula is C22H34IN5O2. The Labute approximate surface area is 196 Å². The SMILES string of the molecule is CN=C(NCc1ccccc1OC1CCC1)N1CCN(CC(=O)NC2CC2)CC1.I. The van der Waals surface area contributed by atoms with Crippen LogP contribution in [0.2, 0.25) is 0 Å². The molecule has 0 radical (unpaired) electrons. The van der Waals surface area contributed by atoms with Crippen LogP contribution in [0.4, 0.5) is 0 Å². The third-order valence-electron chi connectivity index (χ3n) is 5.95. The number of guanidine groups is 1. The van der Waals surface area contributed by atoms with Gasteiger partial charge in [0, 0.05) is 51.4 Å². The van der Waals surface area contributed by atoms with E-state index in [9.17, 15) is 4.79 Å². The van der Waals surface area contributed by atoms with E-state index in [4.69, 9.17) is 4.74 Å². The first kappa shape index (κ1) is 23.1. The highest BCUT2D eigenvalue weighted by atomic mass is 127. The van der Waals surface area contributed by atoms with Crippen molar-refractivity contribution in [2.45, 2.75) is 50.8 Å². The van der Waals surface area contributed by atoms with Crippen LogP contribution in [0.5, 0.6) is 5.75 Å². The number of ether oxygens (including phenoxy) is 1. The van der Waals surface area contributed by atoms with Gasteiger partial charge in [-0.15, -0.1) is 24.0 Å². The number of amides is 1. The second-order valence-electron chi connectivity index (χ2n) is 8.28. The first-order valence-electron chi connectivity index (χ1n) is 10.9. The number of piperazine rings is 1. The van der Waals surface area contributed by atoms with Crippen LogP contribution in [0.1, 0.15) is 37.7 Å². The molecule has 0 aromatic heterocycles. The van der Waals surface area contributed by atoms with Crippen LogP contribution in [-0.4, -0.2) is 73.6 Å². The van der Waals surface area contributed by atoms with E-state index in [1.165, 1.54) is 6.42 Å². The molecule has 3 aliphatic rings. The highest BCUT2D eigenvalue weighted by Crippen LogP contribution is 2.27. The van der Waals surface area contributed by atoms with Gasteiger partial charge < -0.3 is 20.3 Å². The number of carbonyl (C=O) groups excluding carboxylic acids is 1. The Morgan fingerprint density at radius 2 is 1.87 bits per heavy atom. The molecule has 1 saturated heterocycles. The number of rotatable bonds is 7. The van der Waals surface area contributed by atoms with Crippen molar-refractivity contribution in [1.29, 1.82) is 0 Å². The quantitative estimate of drug-likeness (QED) is 0.324. The minimum absolute atomic E-state index is 0. The van der Waals surface area contributed by atoms with Gasteiger partial charge in [0.25, 0.3) is 0 Å². The lowest BCUT2D eigenvalue weighted by Gasteiger charge is -2.36. The van der Waals surface area contributed by atoms with Gasteiger partial charge in [0.2, 0.25) is 5.91 Å². The summed E-state index contributed by atoms with van der Waals surface area (Å²) in [5.74, 6) is 2.05. The third-order valence-corrected chi connectivity index (χ3v) is 5.95. The van der Waals surface area contributed by atoms with Gasteiger partial charge >= 0.3 is 0 Å². The Morgan fingerprint density at radius 3 is 2.50 bits per heavy atom. The Morgan fingerprint density at radius 1 is 1.13 bits per heavy atom. The summed E-state index contributed by atoms with van der Waals surface area (Å²) < 4.78 is 6.14. The molecule has 0 atom stereocenters. The fraction of sp³-hybridized carbons (Fsp3) is 0.636. The second-order valence-corrected chi connectivity index (χ2v) is 8.28. The number of halogens is 1. The van der Waals surface area contributed by atoms with E-state index in [-0.39, 0.29) is 29.9 Å². The monoisotopic (exact) mass is 527 g/mol. The molecule has 1 aliphatic heterocycles. The Hall–Kier alpha value is -1.55. The number of para-hydroxylation sites is 1. The van der Waals surface area contributed by atoms with Gasteiger partial charge in [0.15, 0.2) is 5.96 Å². The number of nitrogens with zero attached hydrogens (tertiary/aromatic N) is 3. The van der Waals surface area contributed by atoms with Crippen LogP contribution in [0, 0.1) is 0 Å². The van der Waals surface area contributed by atoms with Gasteiger partial charge in [0.05, 0.1) is 12.6 Å². The predicted molar refractivity (Wildman–Crippen MR) is 130 cm³/mol. The summed E-state index contributed by atoms with van der Waals surface area (Å²) in [4.78, 5) is 21.0. The Bertz CT molecular complexity index is 728. The molecule has 0 unspecified atom stereocenters. The van der Waals surface area contributed by atoms with E-state index in [1.54, 1.807) is 0 Å². The second kappa shape index (κ2) is 11.2. The van der Waals surface area contributed by atoms with Gasteiger partial charge in [-0.25, -0.2) is 0 Å². The molecule has 30 heavy (non-hydrogen) atoms. The predicted octanol–water partition coefficient (Wildman–Crippen LogP) is 2.21. The molecule has 0 spiro atoms. The van der Waals surface area contributed by atoms with Crippen molar-refractivity contribution < 1.29 is 9.53 Å². The minimum Gasteiger partial charge on any atom is -0.490 e. The first-order valence-corrected chi connectivity index (χ1v) is 10.9. The highest BCUT2D eigenvalue weighted by molar-refractivity contribution is 14.0. The van der Waals surface area contributed by atoms with Crippen molar-refractivity contribution in [3.05, 3.63) is 29.8 Å². The number of hydrogen-bond donors (Lipinski definition) is 2. The lowest BCUT2D eigenvalue weighted by atomic mass is 9.96. The zero-order chi connectivity index (χ0) is 20.1. The topological polar surface area (TPSA) is 69.2 Å². The Balaban J connectivity index is 0.00000256. The summed E-state index contributed by atoms with van der Waals surface area (Å²) in [5, 5.41) is 6.56. The summed E-state index contributed by atoms with van der Waals surface area (Å²) in [6, 6.07) is 8.70. The third kappa shape index (κ3) is 6.47. The first-order chi connectivity index (χ1) is 14.2. The Kier molecular flexibility index (Phi) is 8.61. The fourth-order valence-electron chi connectivity index (χ4n) is 3.76. The highest BCUT2D eigenvalue weighted by Gasteiger charge is 2.26. The van der Waals surface area contributed by atoms with E-state index in [0.717, 1.165) is 69.1 Å². The van der Waals surface area contributed by atoms with Crippen LogP contribution in [0.15, 0.2) is 29.3 Å². The number of nitrogens with one attached hydrogen (secondary N) is 2. The van der Waals surface area contributed by atoms with Gasteiger partial charge in [0.1, 0.15) is 5.75 Å². The van der Waals surface area contributed by atoms with Crippen LogP contribution in [-0.2, 0) is 11.3 Å². The molecule has 2 saturated carbocycles. The summed E-state index contributed by atoms with van der Waals surface area (Å²) >= 11 is 0. The molecule has 0 bridgehead atoms. The number of carbonyl (C=O) groups is 1. The lowest BCUT2D eigenvalue weighted by Crippen LogP contribution is -2.54. The average Bonchev–Trinajstić information content (AvgIpc) is 3.51. The molecule has 7 nitrogen and oxygen atoms in total. The molecule has 4 rings (SSSR count). The molecule has 8 heteroatoms. The van der Waals surface area contributed by atoms with E-state index in [0.29, 0.717) is 25.2 Å². The molecule has 166 valence electrons. The van der Waals surface area contributed by atoms with E-state index in [2.05, 4.69) is 43.6 Å². The zero-order valence-corrected chi connectivity index (χ0v) is 20.1. The standard InChI is InChI=1S/C22H33N5O2.HI/c1-23-22(24-15-17-5-2-3-8-20(17)29-19-6-4-7-19)27-13-11-26(12-14-27)16-21(28)25-18-9-10-18;/h2-3,5,8,18-19H,4,6-7,9-16H2,1H3,(H,23,24)(H,25,28);1H. The molecule has 1 heterocycles. The van der Waals surface area contributed by atoms with E-state index < -0.39 is 0 Å². The van der Waals surface area contributed by atoms with Crippen LogP contribution in [0.3, 0.4) is 0 Å². The fourth-order valence-corrected chi connectivity index (χ4v) is 3.76. The van der Waals surface area contributed by atoms with Crippen molar-refractivity contribution >= 4 is 35.8 Å². The molecule has 2 aliphatic carbocycles. The van der Waals surface area contributed by atoms with Gasteiger partial charge in [-0.2, -0.15) is 0 Å². The van der Waals surface area contributed by atoms with Crippen molar-refractivity contribution in [2.24, 2.45) is 4.99 Å². The van der Waals surface area contributed by atoms with Gasteiger partial charge in [-0.1, -0.05) is 18.2 Å². The summed E-state index contributed by atoms with van der Waals surface area (Å²) in [6.45, 7) is 4.69. The maximum absolute atomic E-state index is 12.0. The van der Waals surface area contributed by atoms with Gasteiger partial charge in [-0.05, 0) is 38.2 Å². The largest absolute Gasteiger partial charge is 0.490 e. The van der Waals surface area contributed by atoms with Crippen molar-refractivity contribution in [1.82, 2.24) is 20.4 Å².